The van der Waals surface area contributed by atoms with Crippen LogP contribution in [0.2, 0.25) is 0 Å². The number of sulfonamides is 1. The second-order valence-corrected chi connectivity index (χ2v) is 7.03. The first-order valence-electron chi connectivity index (χ1n) is 6.78. The normalized spacial score (nSPS) is 13.7. The van der Waals surface area contributed by atoms with Gasteiger partial charge < -0.3 is 5.32 Å². The minimum atomic E-state index is -3.14. The van der Waals surface area contributed by atoms with Gasteiger partial charge in [0.1, 0.15) is 0 Å². The lowest BCUT2D eigenvalue weighted by molar-refractivity contribution is 0.551. The summed E-state index contributed by atoms with van der Waals surface area (Å²) in [5, 5.41) is 7.69. The number of aryl methyl sites for hydroxylation is 2. The molecule has 0 saturated carbocycles. The fraction of sp³-hybridized carbons (Fsp3) is 0.538. The number of nitrogens with one attached hydrogen (secondary N) is 2. The van der Waals surface area contributed by atoms with Crippen LogP contribution in [0, 0.1) is 13.8 Å². The Morgan fingerprint density at radius 1 is 1.33 bits per heavy atom. The van der Waals surface area contributed by atoms with Crippen molar-refractivity contribution in [3.8, 4) is 0 Å². The van der Waals surface area contributed by atoms with E-state index < -0.39 is 10.0 Å². The van der Waals surface area contributed by atoms with Gasteiger partial charge in [-0.3, -0.25) is 0 Å². The number of hydrogen-bond donors (Lipinski definition) is 2. The van der Waals surface area contributed by atoms with Crippen LogP contribution in [0.25, 0.3) is 5.65 Å². The van der Waals surface area contributed by atoms with Gasteiger partial charge in [-0.25, -0.2) is 22.6 Å². The number of hydrogen-bond acceptors (Lipinski definition) is 5. The van der Waals surface area contributed by atoms with Gasteiger partial charge in [0.2, 0.25) is 10.0 Å². The number of nitrogens with zero attached hydrogens (tertiary/aromatic N) is 3. The van der Waals surface area contributed by atoms with Crippen LogP contribution in [0.5, 0.6) is 0 Å². The van der Waals surface area contributed by atoms with Gasteiger partial charge in [-0.1, -0.05) is 0 Å². The smallest absolute Gasteiger partial charge is 0.208 e. The van der Waals surface area contributed by atoms with Gasteiger partial charge in [0.25, 0.3) is 0 Å². The fourth-order valence-corrected chi connectivity index (χ4v) is 2.71. The van der Waals surface area contributed by atoms with Crippen LogP contribution in [-0.4, -0.2) is 42.4 Å². The van der Waals surface area contributed by atoms with Crippen molar-refractivity contribution in [3.05, 3.63) is 29.2 Å². The first-order valence-corrected chi connectivity index (χ1v) is 8.67. The third-order valence-electron chi connectivity index (χ3n) is 3.29. The first-order chi connectivity index (χ1) is 9.78. The Hall–Kier alpha value is -1.51. The van der Waals surface area contributed by atoms with Crippen molar-refractivity contribution in [2.45, 2.75) is 26.8 Å². The number of fused-ring (bicyclic) bond motifs is 1. The molecular formula is C13H21N5O2S. The molecule has 0 amide bonds. The van der Waals surface area contributed by atoms with Crippen LogP contribution in [0.15, 0.2) is 12.3 Å². The van der Waals surface area contributed by atoms with Crippen LogP contribution >= 0.6 is 0 Å². The molecule has 0 aliphatic heterocycles. The summed E-state index contributed by atoms with van der Waals surface area (Å²) in [5.41, 5.74) is 3.84. The summed E-state index contributed by atoms with van der Waals surface area (Å²) >= 11 is 0. The molecule has 2 aromatic heterocycles. The number of rotatable bonds is 6. The molecule has 0 spiro atoms. The predicted molar refractivity (Wildman–Crippen MR) is 81.7 cm³/mol. The fourth-order valence-electron chi connectivity index (χ4n) is 2.24. The number of aromatic nitrogens is 3. The average molecular weight is 311 g/mol. The molecule has 2 rings (SSSR count). The standard InChI is InChI=1S/C13H21N5O2S/c1-9-7-13-15-8-12(11(3)18(13)17-9)10(2)14-5-6-16-21(4,19)20/h7-8,10,14,16H,5-6H2,1-4H3. The van der Waals surface area contributed by atoms with Gasteiger partial charge in [0, 0.05) is 42.7 Å². The summed E-state index contributed by atoms with van der Waals surface area (Å²) in [6.45, 7) is 6.87. The van der Waals surface area contributed by atoms with E-state index >= 15 is 0 Å². The molecule has 21 heavy (non-hydrogen) atoms. The monoisotopic (exact) mass is 311 g/mol. The SMILES string of the molecule is Cc1cc2ncc(C(C)NCCNS(C)(=O)=O)c(C)n2n1. The zero-order valence-electron chi connectivity index (χ0n) is 12.7. The van der Waals surface area contributed by atoms with Gasteiger partial charge in [0.05, 0.1) is 11.9 Å². The summed E-state index contributed by atoms with van der Waals surface area (Å²) in [7, 11) is -3.14. The van der Waals surface area contributed by atoms with Crippen molar-refractivity contribution >= 4 is 15.7 Å². The van der Waals surface area contributed by atoms with E-state index in [-0.39, 0.29) is 6.04 Å². The second-order valence-electron chi connectivity index (χ2n) is 5.20. The summed E-state index contributed by atoms with van der Waals surface area (Å²) in [5.74, 6) is 0. The Bertz CT molecular complexity index is 738. The third-order valence-corrected chi connectivity index (χ3v) is 4.02. The lowest BCUT2D eigenvalue weighted by Crippen LogP contribution is -2.32. The molecule has 2 N–H and O–H groups in total. The van der Waals surface area contributed by atoms with E-state index in [0.29, 0.717) is 13.1 Å². The molecule has 1 atom stereocenters. The molecular weight excluding hydrogens is 290 g/mol. The molecule has 7 nitrogen and oxygen atoms in total. The molecule has 116 valence electrons. The summed E-state index contributed by atoms with van der Waals surface area (Å²) in [6, 6.07) is 2.00. The van der Waals surface area contributed by atoms with E-state index in [1.54, 1.807) is 0 Å². The van der Waals surface area contributed by atoms with Crippen LogP contribution in [0.1, 0.15) is 29.9 Å². The van der Waals surface area contributed by atoms with E-state index in [0.717, 1.165) is 28.9 Å². The van der Waals surface area contributed by atoms with E-state index in [9.17, 15) is 8.42 Å². The Morgan fingerprint density at radius 2 is 2.05 bits per heavy atom. The van der Waals surface area contributed by atoms with Gasteiger partial charge >= 0.3 is 0 Å². The maximum Gasteiger partial charge on any atom is 0.208 e. The lowest BCUT2D eigenvalue weighted by Gasteiger charge is -2.16. The van der Waals surface area contributed by atoms with Crippen molar-refractivity contribution in [2.75, 3.05) is 19.3 Å². The minimum absolute atomic E-state index is 0.0627. The zero-order chi connectivity index (χ0) is 15.6. The van der Waals surface area contributed by atoms with Crippen LogP contribution < -0.4 is 10.0 Å². The van der Waals surface area contributed by atoms with Gasteiger partial charge in [-0.2, -0.15) is 5.10 Å². The summed E-state index contributed by atoms with van der Waals surface area (Å²) < 4.78 is 26.3. The van der Waals surface area contributed by atoms with Gasteiger partial charge in [0.15, 0.2) is 5.65 Å². The van der Waals surface area contributed by atoms with Crippen molar-refractivity contribution in [1.29, 1.82) is 0 Å². The summed E-state index contributed by atoms with van der Waals surface area (Å²) in [4.78, 5) is 4.40. The van der Waals surface area contributed by atoms with Crippen LogP contribution in [-0.2, 0) is 10.0 Å². The van der Waals surface area contributed by atoms with Crippen molar-refractivity contribution in [3.63, 3.8) is 0 Å². The lowest BCUT2D eigenvalue weighted by atomic mass is 10.1. The maximum absolute atomic E-state index is 11.0. The van der Waals surface area contributed by atoms with Gasteiger partial charge in [-0.15, -0.1) is 0 Å². The highest BCUT2D eigenvalue weighted by atomic mass is 32.2. The van der Waals surface area contributed by atoms with E-state index in [1.807, 2.05) is 37.5 Å². The Labute approximate surface area is 124 Å². The Kier molecular flexibility index (Phi) is 4.60. The minimum Gasteiger partial charge on any atom is -0.309 e. The maximum atomic E-state index is 11.0. The summed E-state index contributed by atoms with van der Waals surface area (Å²) in [6.07, 6.45) is 2.99. The van der Waals surface area contributed by atoms with Crippen molar-refractivity contribution < 1.29 is 8.42 Å². The Morgan fingerprint density at radius 3 is 2.71 bits per heavy atom. The highest BCUT2D eigenvalue weighted by Gasteiger charge is 2.12. The first kappa shape index (κ1) is 15.9. The van der Waals surface area contributed by atoms with Crippen molar-refractivity contribution in [2.24, 2.45) is 0 Å². The molecule has 0 aromatic carbocycles. The highest BCUT2D eigenvalue weighted by Crippen LogP contribution is 2.17. The zero-order valence-corrected chi connectivity index (χ0v) is 13.5. The molecule has 8 heteroatoms. The van der Waals surface area contributed by atoms with Gasteiger partial charge in [-0.05, 0) is 20.8 Å². The largest absolute Gasteiger partial charge is 0.309 e. The molecule has 0 aliphatic carbocycles. The Balaban J connectivity index is 2.05. The predicted octanol–water partition coefficient (Wildman–Crippen LogP) is 0.546. The molecule has 0 bridgehead atoms. The highest BCUT2D eigenvalue weighted by molar-refractivity contribution is 7.88. The molecule has 2 heterocycles. The molecule has 2 aromatic rings. The molecule has 1 unspecified atom stereocenters. The molecule has 0 aliphatic rings. The average Bonchev–Trinajstić information content (AvgIpc) is 2.75. The van der Waals surface area contributed by atoms with Crippen molar-refractivity contribution in [1.82, 2.24) is 24.6 Å². The molecule has 0 saturated heterocycles. The quantitative estimate of drug-likeness (QED) is 0.761. The van der Waals surface area contributed by atoms with Crippen LogP contribution in [0.4, 0.5) is 0 Å². The molecule has 0 fully saturated rings. The molecule has 0 radical (unpaired) electrons. The van der Waals surface area contributed by atoms with E-state index in [4.69, 9.17) is 0 Å². The topological polar surface area (TPSA) is 88.4 Å². The third kappa shape index (κ3) is 3.99. The van der Waals surface area contributed by atoms with E-state index in [1.165, 1.54) is 0 Å². The second kappa shape index (κ2) is 6.08. The van der Waals surface area contributed by atoms with E-state index in [2.05, 4.69) is 20.1 Å². The van der Waals surface area contributed by atoms with Crippen LogP contribution in [0.3, 0.4) is 0 Å².